The molecule has 0 fully saturated rings. The normalized spacial score (nSPS) is 11.9. The van der Waals surface area contributed by atoms with E-state index in [1.165, 1.54) is 24.3 Å². The lowest BCUT2D eigenvalue weighted by atomic mass is 10.1. The van der Waals surface area contributed by atoms with Gasteiger partial charge in [0.25, 0.3) is 5.91 Å². The standard InChI is InChI=1S/C21H20FN3O3/c1-12(15-7-9-16(10-8-15)21(27)28)24-20(26)19-13(2)23-14(3)25(19)18-6-4-5-17(22)11-18/h4-12H,1-3H3,(H,24,26)(H,27,28)/t12-/m0/s1. The van der Waals surface area contributed by atoms with Gasteiger partial charge in [-0.25, -0.2) is 14.2 Å². The van der Waals surface area contributed by atoms with Gasteiger partial charge in [0.2, 0.25) is 0 Å². The number of halogens is 1. The van der Waals surface area contributed by atoms with E-state index in [0.29, 0.717) is 22.9 Å². The van der Waals surface area contributed by atoms with Crippen molar-refractivity contribution < 1.29 is 19.1 Å². The summed E-state index contributed by atoms with van der Waals surface area (Å²) in [6.07, 6.45) is 0. The van der Waals surface area contributed by atoms with Crippen molar-refractivity contribution in [3.63, 3.8) is 0 Å². The molecule has 1 atom stereocenters. The number of carbonyl (C=O) groups is 2. The highest BCUT2D eigenvalue weighted by Crippen LogP contribution is 2.21. The summed E-state index contributed by atoms with van der Waals surface area (Å²) in [5, 5.41) is 11.9. The molecule has 28 heavy (non-hydrogen) atoms. The number of imidazole rings is 1. The summed E-state index contributed by atoms with van der Waals surface area (Å²) in [7, 11) is 0. The first kappa shape index (κ1) is 19.3. The van der Waals surface area contributed by atoms with Crippen molar-refractivity contribution in [2.45, 2.75) is 26.8 Å². The summed E-state index contributed by atoms with van der Waals surface area (Å²) in [5.74, 6) is -1.18. The lowest BCUT2D eigenvalue weighted by Gasteiger charge is -2.16. The van der Waals surface area contributed by atoms with E-state index >= 15 is 0 Å². The van der Waals surface area contributed by atoms with Crippen LogP contribution in [0.1, 0.15) is 50.9 Å². The zero-order valence-corrected chi connectivity index (χ0v) is 15.7. The maximum absolute atomic E-state index is 13.7. The van der Waals surface area contributed by atoms with Gasteiger partial charge in [-0.1, -0.05) is 18.2 Å². The first-order chi connectivity index (χ1) is 13.3. The molecule has 0 unspecified atom stereocenters. The van der Waals surface area contributed by atoms with Gasteiger partial charge in [-0.3, -0.25) is 9.36 Å². The fraction of sp³-hybridized carbons (Fsp3) is 0.190. The number of amides is 1. The van der Waals surface area contributed by atoms with E-state index < -0.39 is 11.8 Å². The molecule has 144 valence electrons. The number of nitrogens with one attached hydrogen (secondary N) is 1. The fourth-order valence-corrected chi connectivity index (χ4v) is 3.13. The Morgan fingerprint density at radius 2 is 1.82 bits per heavy atom. The van der Waals surface area contributed by atoms with Crippen molar-refractivity contribution in [3.05, 3.63) is 82.7 Å². The topological polar surface area (TPSA) is 84.2 Å². The van der Waals surface area contributed by atoms with Crippen LogP contribution in [0.4, 0.5) is 4.39 Å². The number of hydrogen-bond acceptors (Lipinski definition) is 3. The van der Waals surface area contributed by atoms with E-state index in [2.05, 4.69) is 10.3 Å². The summed E-state index contributed by atoms with van der Waals surface area (Å²) in [6, 6.07) is 11.9. The summed E-state index contributed by atoms with van der Waals surface area (Å²) >= 11 is 0. The molecule has 7 heteroatoms. The van der Waals surface area contributed by atoms with Crippen molar-refractivity contribution >= 4 is 11.9 Å². The Bertz CT molecular complexity index is 1040. The predicted octanol–water partition coefficient (Wildman–Crippen LogP) is 3.82. The summed E-state index contributed by atoms with van der Waals surface area (Å²) in [5.41, 5.74) is 2.33. The Balaban J connectivity index is 1.89. The van der Waals surface area contributed by atoms with E-state index in [9.17, 15) is 14.0 Å². The molecule has 2 aromatic carbocycles. The molecule has 0 bridgehead atoms. The summed E-state index contributed by atoms with van der Waals surface area (Å²) in [6.45, 7) is 5.28. The largest absolute Gasteiger partial charge is 0.478 e. The highest BCUT2D eigenvalue weighted by Gasteiger charge is 2.22. The van der Waals surface area contributed by atoms with Gasteiger partial charge in [-0.2, -0.15) is 0 Å². The first-order valence-corrected chi connectivity index (χ1v) is 8.74. The van der Waals surface area contributed by atoms with E-state index in [1.807, 2.05) is 0 Å². The smallest absolute Gasteiger partial charge is 0.335 e. The number of nitrogens with zero attached hydrogens (tertiary/aromatic N) is 2. The quantitative estimate of drug-likeness (QED) is 0.704. The number of carboxylic acids is 1. The molecule has 0 aliphatic carbocycles. The van der Waals surface area contributed by atoms with Crippen LogP contribution < -0.4 is 5.32 Å². The number of benzene rings is 2. The first-order valence-electron chi connectivity index (χ1n) is 8.74. The third-order valence-corrected chi connectivity index (χ3v) is 4.51. The Morgan fingerprint density at radius 1 is 1.14 bits per heavy atom. The molecule has 1 heterocycles. The average molecular weight is 381 g/mol. The van der Waals surface area contributed by atoms with Crippen LogP contribution in [0.25, 0.3) is 5.69 Å². The zero-order valence-electron chi connectivity index (χ0n) is 15.7. The number of aromatic carboxylic acids is 1. The van der Waals surface area contributed by atoms with Gasteiger partial charge < -0.3 is 10.4 Å². The minimum Gasteiger partial charge on any atom is -0.478 e. The monoisotopic (exact) mass is 381 g/mol. The van der Waals surface area contributed by atoms with Gasteiger partial charge in [0, 0.05) is 0 Å². The lowest BCUT2D eigenvalue weighted by molar-refractivity contribution is 0.0696. The molecule has 0 saturated heterocycles. The van der Waals surface area contributed by atoms with Gasteiger partial charge in [-0.05, 0) is 56.7 Å². The Morgan fingerprint density at radius 3 is 2.43 bits per heavy atom. The van der Waals surface area contributed by atoms with E-state index in [-0.39, 0.29) is 17.5 Å². The summed E-state index contributed by atoms with van der Waals surface area (Å²) in [4.78, 5) is 28.3. The maximum atomic E-state index is 13.7. The third kappa shape index (κ3) is 3.78. The molecule has 0 saturated carbocycles. The molecule has 1 aromatic heterocycles. The van der Waals surface area contributed by atoms with Crippen LogP contribution in [-0.4, -0.2) is 26.5 Å². The molecule has 0 aliphatic rings. The van der Waals surface area contributed by atoms with E-state index in [1.54, 1.807) is 49.6 Å². The van der Waals surface area contributed by atoms with Crippen LogP contribution in [0, 0.1) is 19.7 Å². The molecule has 0 spiro atoms. The van der Waals surface area contributed by atoms with Crippen molar-refractivity contribution in [1.82, 2.24) is 14.9 Å². The second-order valence-electron chi connectivity index (χ2n) is 6.53. The SMILES string of the molecule is Cc1nc(C)n(-c2cccc(F)c2)c1C(=O)N[C@@H](C)c1ccc(C(=O)O)cc1. The number of hydrogen-bond donors (Lipinski definition) is 2. The van der Waals surface area contributed by atoms with Gasteiger partial charge in [0.15, 0.2) is 0 Å². The Labute approximate surface area is 161 Å². The minimum atomic E-state index is -1.01. The number of carbonyl (C=O) groups excluding carboxylic acids is 1. The Kier molecular flexibility index (Phi) is 5.26. The zero-order chi connectivity index (χ0) is 20.4. The van der Waals surface area contributed by atoms with E-state index in [4.69, 9.17) is 5.11 Å². The molecule has 0 aliphatic heterocycles. The van der Waals surface area contributed by atoms with Gasteiger partial charge >= 0.3 is 5.97 Å². The van der Waals surface area contributed by atoms with Gasteiger partial charge in [0.05, 0.1) is 23.0 Å². The van der Waals surface area contributed by atoms with Crippen LogP contribution in [0.2, 0.25) is 0 Å². The number of aryl methyl sites for hydroxylation is 2. The highest BCUT2D eigenvalue weighted by atomic mass is 19.1. The average Bonchev–Trinajstić information content (AvgIpc) is 2.95. The fourth-order valence-electron chi connectivity index (χ4n) is 3.13. The van der Waals surface area contributed by atoms with Crippen LogP contribution in [-0.2, 0) is 0 Å². The molecule has 0 radical (unpaired) electrons. The van der Waals surface area contributed by atoms with Crippen molar-refractivity contribution in [2.75, 3.05) is 0 Å². The second kappa shape index (κ2) is 7.64. The lowest BCUT2D eigenvalue weighted by Crippen LogP contribution is -2.29. The molecule has 3 aromatic rings. The molecule has 2 N–H and O–H groups in total. The Hall–Kier alpha value is -3.48. The van der Waals surface area contributed by atoms with Crippen LogP contribution >= 0.6 is 0 Å². The van der Waals surface area contributed by atoms with Gasteiger partial charge in [0.1, 0.15) is 17.3 Å². The molecule has 1 amide bonds. The number of carboxylic acid groups (broad SMARTS) is 1. The van der Waals surface area contributed by atoms with Crippen LogP contribution in [0.3, 0.4) is 0 Å². The number of rotatable bonds is 5. The highest BCUT2D eigenvalue weighted by molar-refractivity contribution is 5.94. The summed E-state index contributed by atoms with van der Waals surface area (Å²) < 4.78 is 15.3. The molecular weight excluding hydrogens is 361 g/mol. The van der Waals surface area contributed by atoms with Crippen molar-refractivity contribution in [3.8, 4) is 5.69 Å². The second-order valence-corrected chi connectivity index (χ2v) is 6.53. The van der Waals surface area contributed by atoms with Crippen molar-refractivity contribution in [2.24, 2.45) is 0 Å². The van der Waals surface area contributed by atoms with Crippen molar-refractivity contribution in [1.29, 1.82) is 0 Å². The van der Waals surface area contributed by atoms with Crippen LogP contribution in [0.15, 0.2) is 48.5 Å². The third-order valence-electron chi connectivity index (χ3n) is 4.51. The molecule has 6 nitrogen and oxygen atoms in total. The van der Waals surface area contributed by atoms with Crippen LogP contribution in [0.5, 0.6) is 0 Å². The predicted molar refractivity (Wildman–Crippen MR) is 102 cm³/mol. The van der Waals surface area contributed by atoms with Gasteiger partial charge in [-0.15, -0.1) is 0 Å². The minimum absolute atomic E-state index is 0.179. The van der Waals surface area contributed by atoms with E-state index in [0.717, 1.165) is 5.56 Å². The molecular formula is C21H20FN3O3. The molecule has 3 rings (SSSR count). The maximum Gasteiger partial charge on any atom is 0.335 e. The number of aromatic nitrogens is 2.